The van der Waals surface area contributed by atoms with Crippen LogP contribution in [0, 0.1) is 5.92 Å². The maximum absolute atomic E-state index is 13.0. The maximum atomic E-state index is 13.0. The Balaban J connectivity index is 5.15. The molecule has 0 amide bonds. The molecule has 0 saturated carbocycles. The molecule has 0 saturated heterocycles. The highest BCUT2D eigenvalue weighted by atomic mass is 31.2. The van der Waals surface area contributed by atoms with E-state index in [1.807, 2.05) is 0 Å². The minimum atomic E-state index is -4.95. The zero-order valence-electron chi connectivity index (χ0n) is 56.9. The molecule has 0 aromatic heterocycles. The van der Waals surface area contributed by atoms with E-state index in [9.17, 15) is 43.2 Å². The molecule has 0 spiro atoms. The van der Waals surface area contributed by atoms with Crippen molar-refractivity contribution in [2.75, 3.05) is 39.6 Å². The number of aliphatic hydroxyl groups is 1. The average Bonchev–Trinajstić information content (AvgIpc) is 3.56. The number of carbonyl (C=O) groups excluding carboxylic acids is 4. The molecular formula is C69H134O17P2. The highest BCUT2D eigenvalue weighted by Gasteiger charge is 2.30. The topological polar surface area (TPSA) is 237 Å². The second-order valence-electron chi connectivity index (χ2n) is 25.4. The van der Waals surface area contributed by atoms with Gasteiger partial charge in [0.1, 0.15) is 19.3 Å². The molecule has 0 radical (unpaired) electrons. The summed E-state index contributed by atoms with van der Waals surface area (Å²) in [5.41, 5.74) is 0. The lowest BCUT2D eigenvalue weighted by atomic mass is 10.0. The van der Waals surface area contributed by atoms with Crippen LogP contribution in [0.1, 0.15) is 356 Å². The van der Waals surface area contributed by atoms with Crippen LogP contribution in [0.15, 0.2) is 0 Å². The number of phosphoric acid groups is 2. The Morgan fingerprint density at radius 3 is 0.773 bits per heavy atom. The van der Waals surface area contributed by atoms with Crippen LogP contribution in [-0.2, 0) is 65.4 Å². The van der Waals surface area contributed by atoms with Gasteiger partial charge < -0.3 is 33.8 Å². The molecule has 0 rings (SSSR count). The lowest BCUT2D eigenvalue weighted by Gasteiger charge is -2.21. The number of aliphatic hydroxyl groups excluding tert-OH is 1. The molecule has 0 heterocycles. The number of hydrogen-bond acceptors (Lipinski definition) is 15. The Hall–Kier alpha value is -1.94. The number of ether oxygens (including phenoxy) is 4. The van der Waals surface area contributed by atoms with Gasteiger partial charge in [0.25, 0.3) is 0 Å². The number of rotatable bonds is 69. The first-order chi connectivity index (χ1) is 42.5. The predicted molar refractivity (Wildman–Crippen MR) is 354 cm³/mol. The first-order valence-electron chi connectivity index (χ1n) is 36.1. The molecule has 0 bridgehead atoms. The van der Waals surface area contributed by atoms with Crippen molar-refractivity contribution in [2.24, 2.45) is 5.92 Å². The lowest BCUT2D eigenvalue weighted by molar-refractivity contribution is -0.161. The van der Waals surface area contributed by atoms with Crippen LogP contribution in [-0.4, -0.2) is 96.7 Å². The van der Waals surface area contributed by atoms with Gasteiger partial charge in [0, 0.05) is 25.7 Å². The van der Waals surface area contributed by atoms with Gasteiger partial charge in [-0.05, 0) is 31.6 Å². The summed E-state index contributed by atoms with van der Waals surface area (Å²) in [6, 6.07) is 0. The zero-order chi connectivity index (χ0) is 64.9. The summed E-state index contributed by atoms with van der Waals surface area (Å²) in [5.74, 6) is -1.44. The molecule has 0 aromatic carbocycles. The van der Waals surface area contributed by atoms with E-state index in [1.54, 1.807) is 0 Å². The van der Waals surface area contributed by atoms with Gasteiger partial charge in [-0.15, -0.1) is 0 Å². The molecule has 0 aliphatic carbocycles. The fourth-order valence-corrected chi connectivity index (χ4v) is 12.0. The van der Waals surface area contributed by atoms with Gasteiger partial charge in [-0.25, -0.2) is 9.13 Å². The van der Waals surface area contributed by atoms with Crippen LogP contribution in [0.4, 0.5) is 0 Å². The minimum absolute atomic E-state index is 0.103. The standard InChI is InChI=1S/C69H134O17P2/c1-6-9-12-15-17-19-21-23-25-27-29-31-33-35-39-44-49-54-68(73)86-65(59-80-67(72)53-48-43-38-34-32-30-28-26-24-22-20-18-16-13-10-7-2)61-84-88(77,78)82-57-63(70)56-81-87(75,76)83-60-64(58-79-66(71)52-47-41-14-11-8-3)85-69(74)55-50-45-40-36-37-42-46-51-62(4)5/h62-65,70H,6-61H2,1-5H3,(H,75,76)(H,77,78)/t63-,64+,65+/m0/s1. The molecule has 19 heteroatoms. The third kappa shape index (κ3) is 62.8. The molecule has 0 aliphatic rings. The van der Waals surface area contributed by atoms with Gasteiger partial charge in [-0.1, -0.05) is 304 Å². The van der Waals surface area contributed by atoms with E-state index >= 15 is 0 Å². The first-order valence-corrected chi connectivity index (χ1v) is 39.1. The smallest absolute Gasteiger partial charge is 0.462 e. The predicted octanol–water partition coefficient (Wildman–Crippen LogP) is 19.7. The number of phosphoric ester groups is 2. The van der Waals surface area contributed by atoms with Gasteiger partial charge in [0.15, 0.2) is 12.2 Å². The minimum Gasteiger partial charge on any atom is -0.462 e. The van der Waals surface area contributed by atoms with E-state index in [0.29, 0.717) is 31.6 Å². The normalized spacial score (nSPS) is 14.1. The molecule has 0 aliphatic heterocycles. The zero-order valence-corrected chi connectivity index (χ0v) is 58.6. The molecule has 2 unspecified atom stereocenters. The van der Waals surface area contributed by atoms with Gasteiger partial charge in [0.2, 0.25) is 0 Å². The summed E-state index contributed by atoms with van der Waals surface area (Å²) in [7, 11) is -9.89. The molecular weight excluding hydrogens is 1160 g/mol. The van der Waals surface area contributed by atoms with Crippen molar-refractivity contribution < 1.29 is 80.2 Å². The van der Waals surface area contributed by atoms with Crippen molar-refractivity contribution in [2.45, 2.75) is 374 Å². The van der Waals surface area contributed by atoms with Crippen LogP contribution in [0.25, 0.3) is 0 Å². The molecule has 3 N–H and O–H groups in total. The molecule has 0 fully saturated rings. The van der Waals surface area contributed by atoms with Crippen LogP contribution in [0.2, 0.25) is 0 Å². The average molecular weight is 1300 g/mol. The SMILES string of the molecule is CCCCCCCCCCCCCCCCCCCC(=O)O[C@H](COC(=O)CCCCCCCCCCCCCCCCCC)COP(=O)(O)OC[C@@H](O)COP(=O)(O)OC[C@@H](COC(=O)CCCCCCC)OC(=O)CCCCCCCCCC(C)C. The van der Waals surface area contributed by atoms with Crippen LogP contribution >= 0.6 is 15.6 Å². The second-order valence-corrected chi connectivity index (χ2v) is 28.3. The highest BCUT2D eigenvalue weighted by molar-refractivity contribution is 7.47. The summed E-state index contributed by atoms with van der Waals surface area (Å²) < 4.78 is 68.0. The first kappa shape index (κ1) is 86.1. The summed E-state index contributed by atoms with van der Waals surface area (Å²) in [6.07, 6.45) is 49.1. The Morgan fingerprint density at radius 1 is 0.307 bits per heavy atom. The third-order valence-electron chi connectivity index (χ3n) is 16.0. The van der Waals surface area contributed by atoms with E-state index in [1.165, 1.54) is 173 Å². The fraction of sp³-hybridized carbons (Fsp3) is 0.942. The molecule has 88 heavy (non-hydrogen) atoms. The summed E-state index contributed by atoms with van der Waals surface area (Å²) in [6.45, 7) is 7.09. The van der Waals surface area contributed by atoms with Crippen molar-refractivity contribution in [1.29, 1.82) is 0 Å². The van der Waals surface area contributed by atoms with E-state index in [0.717, 1.165) is 96.3 Å². The second kappa shape index (κ2) is 62.5. The van der Waals surface area contributed by atoms with Crippen molar-refractivity contribution in [3.05, 3.63) is 0 Å². The van der Waals surface area contributed by atoms with Crippen LogP contribution in [0.3, 0.4) is 0 Å². The summed E-state index contributed by atoms with van der Waals surface area (Å²) in [5, 5.41) is 10.5. The number of esters is 4. The van der Waals surface area contributed by atoms with E-state index in [4.69, 9.17) is 37.0 Å². The Bertz CT molecular complexity index is 1700. The highest BCUT2D eigenvalue weighted by Crippen LogP contribution is 2.45. The van der Waals surface area contributed by atoms with Gasteiger partial charge >= 0.3 is 39.5 Å². The molecule has 522 valence electrons. The van der Waals surface area contributed by atoms with Gasteiger partial charge in [-0.2, -0.15) is 0 Å². The van der Waals surface area contributed by atoms with Crippen molar-refractivity contribution in [3.63, 3.8) is 0 Å². The van der Waals surface area contributed by atoms with Gasteiger partial charge in [0.05, 0.1) is 26.4 Å². The Morgan fingerprint density at radius 2 is 0.523 bits per heavy atom. The monoisotopic (exact) mass is 1300 g/mol. The Labute approximate surface area is 537 Å². The fourth-order valence-electron chi connectivity index (χ4n) is 10.5. The third-order valence-corrected chi connectivity index (χ3v) is 17.9. The Kier molecular flexibility index (Phi) is 61.1. The largest absolute Gasteiger partial charge is 0.472 e. The molecule has 17 nitrogen and oxygen atoms in total. The molecule has 0 aromatic rings. The van der Waals surface area contributed by atoms with E-state index in [2.05, 4.69) is 34.6 Å². The summed E-state index contributed by atoms with van der Waals surface area (Å²) >= 11 is 0. The number of carbonyl (C=O) groups is 4. The van der Waals surface area contributed by atoms with Crippen molar-refractivity contribution in [1.82, 2.24) is 0 Å². The quantitative estimate of drug-likeness (QED) is 0.0222. The number of unbranched alkanes of at least 4 members (excludes halogenated alkanes) is 41. The number of hydrogen-bond donors (Lipinski definition) is 3. The summed E-state index contributed by atoms with van der Waals surface area (Å²) in [4.78, 5) is 72.2. The van der Waals surface area contributed by atoms with Crippen LogP contribution in [0.5, 0.6) is 0 Å². The van der Waals surface area contributed by atoms with Crippen LogP contribution < -0.4 is 0 Å². The molecule has 5 atom stereocenters. The van der Waals surface area contributed by atoms with Gasteiger partial charge in [-0.3, -0.25) is 37.3 Å². The lowest BCUT2D eigenvalue weighted by Crippen LogP contribution is -2.30. The van der Waals surface area contributed by atoms with E-state index in [-0.39, 0.29) is 25.7 Å². The maximum Gasteiger partial charge on any atom is 0.472 e. The van der Waals surface area contributed by atoms with Crippen molar-refractivity contribution in [3.8, 4) is 0 Å². The van der Waals surface area contributed by atoms with E-state index < -0.39 is 97.5 Å². The van der Waals surface area contributed by atoms with Crippen molar-refractivity contribution >= 4 is 39.5 Å².